The molecule has 0 bridgehead atoms. The van der Waals surface area contributed by atoms with Gasteiger partial charge < -0.3 is 9.84 Å². The van der Waals surface area contributed by atoms with Gasteiger partial charge >= 0.3 is 5.97 Å². The number of hydrogen-bond acceptors (Lipinski definition) is 3. The summed E-state index contributed by atoms with van der Waals surface area (Å²) >= 11 is 0. The van der Waals surface area contributed by atoms with Gasteiger partial charge in [-0.15, -0.1) is 0 Å². The molecule has 21 heavy (non-hydrogen) atoms. The Kier molecular flexibility index (Phi) is 7.83. The van der Waals surface area contributed by atoms with Crippen LogP contribution in [0, 0.1) is 0 Å². The molecule has 0 aliphatic heterocycles. The number of benzene rings is 1. The van der Waals surface area contributed by atoms with Crippen LogP contribution in [0.1, 0.15) is 38.7 Å². The van der Waals surface area contributed by atoms with E-state index < -0.39 is 5.97 Å². The molecular weight excluding hydrogens is 266 g/mol. The predicted molar refractivity (Wildman–Crippen MR) is 84.9 cm³/mol. The highest BCUT2D eigenvalue weighted by molar-refractivity contribution is 5.67. The summed E-state index contributed by atoms with van der Waals surface area (Å²) in [6.45, 7) is 6.09. The molecule has 0 aliphatic carbocycles. The van der Waals surface area contributed by atoms with Crippen LogP contribution in [0.5, 0.6) is 5.75 Å². The Morgan fingerprint density at radius 1 is 1.29 bits per heavy atom. The standard InChI is InChI=1S/C17H27NO3/c1-4-6-11-18(5-2)15(13-17(19)20)12-14-7-9-16(21-3)10-8-14/h7-10,15H,4-6,11-13H2,1-3H3,(H,19,20). The molecule has 0 radical (unpaired) electrons. The largest absolute Gasteiger partial charge is 0.497 e. The molecule has 1 rings (SSSR count). The summed E-state index contributed by atoms with van der Waals surface area (Å²) in [5.74, 6) is 0.0929. The SMILES string of the molecule is CCCCN(CC)C(CC(=O)O)Cc1ccc(OC)cc1. The Hall–Kier alpha value is -1.55. The van der Waals surface area contributed by atoms with Crippen molar-refractivity contribution in [1.82, 2.24) is 4.90 Å². The zero-order valence-electron chi connectivity index (χ0n) is 13.3. The van der Waals surface area contributed by atoms with Crippen LogP contribution >= 0.6 is 0 Å². The molecular formula is C17H27NO3. The van der Waals surface area contributed by atoms with Crippen LogP contribution in [0.2, 0.25) is 0 Å². The van der Waals surface area contributed by atoms with Crippen LogP contribution in [0.4, 0.5) is 0 Å². The minimum atomic E-state index is -0.733. The molecule has 0 aliphatic rings. The lowest BCUT2D eigenvalue weighted by Crippen LogP contribution is -2.39. The number of likely N-dealkylation sites (N-methyl/N-ethyl adjacent to an activating group) is 1. The van der Waals surface area contributed by atoms with Crippen LogP contribution in [0.25, 0.3) is 0 Å². The highest BCUT2D eigenvalue weighted by atomic mass is 16.5. The van der Waals surface area contributed by atoms with Crippen molar-refractivity contribution >= 4 is 5.97 Å². The monoisotopic (exact) mass is 293 g/mol. The summed E-state index contributed by atoms with van der Waals surface area (Å²) in [6.07, 6.45) is 3.17. The molecule has 4 nitrogen and oxygen atoms in total. The Balaban J connectivity index is 2.77. The fourth-order valence-corrected chi connectivity index (χ4v) is 2.53. The number of ether oxygens (including phenoxy) is 1. The van der Waals surface area contributed by atoms with Gasteiger partial charge in [-0.05, 0) is 43.6 Å². The highest BCUT2D eigenvalue weighted by Gasteiger charge is 2.20. The molecule has 1 atom stereocenters. The van der Waals surface area contributed by atoms with Crippen molar-refractivity contribution in [3.63, 3.8) is 0 Å². The first-order valence-corrected chi connectivity index (χ1v) is 7.69. The van der Waals surface area contributed by atoms with Crippen LogP contribution in [0.15, 0.2) is 24.3 Å². The lowest BCUT2D eigenvalue weighted by Gasteiger charge is -2.30. The summed E-state index contributed by atoms with van der Waals surface area (Å²) in [4.78, 5) is 13.4. The quantitative estimate of drug-likeness (QED) is 0.719. The molecule has 0 fully saturated rings. The summed E-state index contributed by atoms with van der Waals surface area (Å²) in [6, 6.07) is 7.93. The second kappa shape index (κ2) is 9.40. The van der Waals surface area contributed by atoms with Crippen molar-refractivity contribution in [3.8, 4) is 5.75 Å². The van der Waals surface area contributed by atoms with E-state index in [0.717, 1.165) is 43.7 Å². The topological polar surface area (TPSA) is 49.8 Å². The predicted octanol–water partition coefficient (Wildman–Crippen LogP) is 3.20. The van der Waals surface area contributed by atoms with E-state index in [-0.39, 0.29) is 12.5 Å². The Bertz CT molecular complexity index is 417. The maximum atomic E-state index is 11.1. The second-order valence-corrected chi connectivity index (χ2v) is 5.29. The number of carboxylic acid groups (broad SMARTS) is 1. The molecule has 4 heteroatoms. The van der Waals surface area contributed by atoms with Crippen molar-refractivity contribution < 1.29 is 14.6 Å². The first-order valence-electron chi connectivity index (χ1n) is 7.69. The van der Waals surface area contributed by atoms with Crippen LogP contribution in [-0.4, -0.2) is 42.2 Å². The Morgan fingerprint density at radius 3 is 2.43 bits per heavy atom. The third-order valence-electron chi connectivity index (χ3n) is 3.76. The van der Waals surface area contributed by atoms with E-state index in [1.54, 1.807) is 7.11 Å². The van der Waals surface area contributed by atoms with Gasteiger partial charge in [-0.2, -0.15) is 0 Å². The molecule has 1 aromatic rings. The first kappa shape index (κ1) is 17.5. The van der Waals surface area contributed by atoms with E-state index in [1.165, 1.54) is 0 Å². The number of aliphatic carboxylic acids is 1. The maximum Gasteiger partial charge on any atom is 0.304 e. The summed E-state index contributed by atoms with van der Waals surface area (Å²) in [7, 11) is 1.64. The summed E-state index contributed by atoms with van der Waals surface area (Å²) in [5.41, 5.74) is 1.15. The van der Waals surface area contributed by atoms with Gasteiger partial charge in [0.05, 0.1) is 13.5 Å². The van der Waals surface area contributed by atoms with E-state index in [9.17, 15) is 4.79 Å². The molecule has 0 spiro atoms. The van der Waals surface area contributed by atoms with Crippen molar-refractivity contribution in [2.75, 3.05) is 20.2 Å². The Morgan fingerprint density at radius 2 is 1.95 bits per heavy atom. The molecule has 0 aromatic heterocycles. The lowest BCUT2D eigenvalue weighted by atomic mass is 10.0. The van der Waals surface area contributed by atoms with Gasteiger partial charge in [0, 0.05) is 6.04 Å². The van der Waals surface area contributed by atoms with Crippen molar-refractivity contribution in [3.05, 3.63) is 29.8 Å². The van der Waals surface area contributed by atoms with Crippen LogP contribution < -0.4 is 4.74 Å². The van der Waals surface area contributed by atoms with E-state index in [4.69, 9.17) is 9.84 Å². The fourth-order valence-electron chi connectivity index (χ4n) is 2.53. The summed E-state index contributed by atoms with van der Waals surface area (Å²) < 4.78 is 5.16. The van der Waals surface area contributed by atoms with E-state index in [2.05, 4.69) is 18.7 Å². The number of methoxy groups -OCH3 is 1. The van der Waals surface area contributed by atoms with Gasteiger partial charge in [0.1, 0.15) is 5.75 Å². The maximum absolute atomic E-state index is 11.1. The molecule has 1 aromatic carbocycles. The smallest absolute Gasteiger partial charge is 0.304 e. The van der Waals surface area contributed by atoms with Gasteiger partial charge in [-0.1, -0.05) is 32.4 Å². The Labute approximate surface area is 127 Å². The molecule has 1 unspecified atom stereocenters. The minimum absolute atomic E-state index is 0.0486. The second-order valence-electron chi connectivity index (χ2n) is 5.29. The third-order valence-corrected chi connectivity index (χ3v) is 3.76. The minimum Gasteiger partial charge on any atom is -0.497 e. The molecule has 0 heterocycles. The number of rotatable bonds is 10. The number of nitrogens with zero attached hydrogens (tertiary/aromatic N) is 1. The van der Waals surface area contributed by atoms with Gasteiger partial charge in [-0.3, -0.25) is 9.69 Å². The molecule has 0 amide bonds. The normalized spacial score (nSPS) is 12.4. The van der Waals surface area contributed by atoms with Crippen molar-refractivity contribution in [2.45, 2.75) is 45.6 Å². The van der Waals surface area contributed by atoms with Gasteiger partial charge in [0.2, 0.25) is 0 Å². The zero-order valence-corrected chi connectivity index (χ0v) is 13.3. The van der Waals surface area contributed by atoms with Crippen molar-refractivity contribution in [2.24, 2.45) is 0 Å². The number of hydrogen-bond donors (Lipinski definition) is 1. The lowest BCUT2D eigenvalue weighted by molar-refractivity contribution is -0.138. The highest BCUT2D eigenvalue weighted by Crippen LogP contribution is 2.17. The first-order chi connectivity index (χ1) is 10.1. The third kappa shape index (κ3) is 6.17. The van der Waals surface area contributed by atoms with E-state index in [0.29, 0.717) is 0 Å². The van der Waals surface area contributed by atoms with Crippen LogP contribution in [-0.2, 0) is 11.2 Å². The number of carboxylic acids is 1. The summed E-state index contributed by atoms with van der Waals surface area (Å²) in [5, 5.41) is 9.17. The number of carbonyl (C=O) groups is 1. The average Bonchev–Trinajstić information content (AvgIpc) is 2.48. The molecule has 118 valence electrons. The molecule has 0 saturated heterocycles. The number of unbranched alkanes of at least 4 members (excludes halogenated alkanes) is 1. The molecule has 1 N–H and O–H groups in total. The van der Waals surface area contributed by atoms with Gasteiger partial charge in [0.25, 0.3) is 0 Å². The van der Waals surface area contributed by atoms with Crippen LogP contribution in [0.3, 0.4) is 0 Å². The fraction of sp³-hybridized carbons (Fsp3) is 0.588. The molecule has 0 saturated carbocycles. The average molecular weight is 293 g/mol. The van der Waals surface area contributed by atoms with Gasteiger partial charge in [0.15, 0.2) is 0 Å². The van der Waals surface area contributed by atoms with Gasteiger partial charge in [-0.25, -0.2) is 0 Å². The van der Waals surface area contributed by atoms with Crippen molar-refractivity contribution in [1.29, 1.82) is 0 Å². The van der Waals surface area contributed by atoms with E-state index >= 15 is 0 Å². The van der Waals surface area contributed by atoms with E-state index in [1.807, 2.05) is 24.3 Å². The zero-order chi connectivity index (χ0) is 15.7.